The van der Waals surface area contributed by atoms with Gasteiger partial charge < -0.3 is 10.2 Å². The zero-order valence-electron chi connectivity index (χ0n) is 15.4. The Kier molecular flexibility index (Phi) is 10.1. The molecule has 2 heterocycles. The third-order valence-corrected chi connectivity index (χ3v) is 5.78. The topological polar surface area (TPSA) is 43.8 Å². The SMILES string of the molecule is CCc1cnc(CCNC(=NC)N2CCC(N(CC)CC)C2)s1.I. The van der Waals surface area contributed by atoms with Crippen molar-refractivity contribution in [1.82, 2.24) is 20.1 Å². The highest BCUT2D eigenvalue weighted by Crippen LogP contribution is 2.16. The lowest BCUT2D eigenvalue weighted by Gasteiger charge is -2.27. The van der Waals surface area contributed by atoms with Crippen LogP contribution in [0.3, 0.4) is 0 Å². The number of hydrogen-bond acceptors (Lipinski definition) is 4. The maximum atomic E-state index is 4.48. The number of nitrogens with one attached hydrogen (secondary N) is 1. The zero-order chi connectivity index (χ0) is 16.7. The zero-order valence-corrected chi connectivity index (χ0v) is 18.6. The number of aliphatic imine (C=N–C) groups is 1. The fourth-order valence-corrected chi connectivity index (χ4v) is 4.07. The number of aromatic nitrogens is 1. The van der Waals surface area contributed by atoms with Gasteiger partial charge in [-0.2, -0.15) is 0 Å². The Morgan fingerprint density at radius 2 is 2.17 bits per heavy atom. The molecule has 1 fully saturated rings. The molecule has 138 valence electrons. The van der Waals surface area contributed by atoms with Crippen LogP contribution in [0.15, 0.2) is 11.2 Å². The van der Waals surface area contributed by atoms with Crippen LogP contribution < -0.4 is 5.32 Å². The van der Waals surface area contributed by atoms with E-state index < -0.39 is 0 Å². The molecule has 1 aromatic rings. The fourth-order valence-electron chi connectivity index (χ4n) is 3.21. The van der Waals surface area contributed by atoms with Crippen molar-refractivity contribution in [3.8, 4) is 0 Å². The van der Waals surface area contributed by atoms with E-state index in [2.05, 4.69) is 45.9 Å². The van der Waals surface area contributed by atoms with Crippen LogP contribution in [0.4, 0.5) is 0 Å². The predicted molar refractivity (Wildman–Crippen MR) is 115 cm³/mol. The molecule has 0 bridgehead atoms. The molecular formula is C17H32IN5S. The van der Waals surface area contributed by atoms with Gasteiger partial charge in [-0.1, -0.05) is 20.8 Å². The number of halogens is 1. The predicted octanol–water partition coefficient (Wildman–Crippen LogP) is 2.86. The van der Waals surface area contributed by atoms with Crippen molar-refractivity contribution in [3.63, 3.8) is 0 Å². The summed E-state index contributed by atoms with van der Waals surface area (Å²) >= 11 is 1.82. The molecule has 1 N–H and O–H groups in total. The van der Waals surface area contributed by atoms with Crippen molar-refractivity contribution in [2.24, 2.45) is 4.99 Å². The Balaban J connectivity index is 0.00000288. The quantitative estimate of drug-likeness (QED) is 0.382. The van der Waals surface area contributed by atoms with E-state index >= 15 is 0 Å². The second-order valence-corrected chi connectivity index (χ2v) is 7.11. The van der Waals surface area contributed by atoms with Gasteiger partial charge in [-0.15, -0.1) is 35.3 Å². The van der Waals surface area contributed by atoms with E-state index in [1.165, 1.54) is 16.3 Å². The first kappa shape index (κ1) is 21.6. The summed E-state index contributed by atoms with van der Waals surface area (Å²) in [4.78, 5) is 15.3. The maximum Gasteiger partial charge on any atom is 0.193 e. The van der Waals surface area contributed by atoms with Gasteiger partial charge in [0.05, 0.1) is 5.01 Å². The number of aryl methyl sites for hydroxylation is 1. The van der Waals surface area contributed by atoms with Crippen LogP contribution in [0.5, 0.6) is 0 Å². The molecule has 0 aliphatic carbocycles. The van der Waals surface area contributed by atoms with Crippen molar-refractivity contribution in [2.75, 3.05) is 39.8 Å². The number of nitrogens with zero attached hydrogens (tertiary/aromatic N) is 4. The van der Waals surface area contributed by atoms with Crippen LogP contribution >= 0.6 is 35.3 Å². The van der Waals surface area contributed by atoms with Crippen molar-refractivity contribution in [2.45, 2.75) is 46.1 Å². The monoisotopic (exact) mass is 465 g/mol. The summed E-state index contributed by atoms with van der Waals surface area (Å²) < 4.78 is 0. The second-order valence-electron chi connectivity index (χ2n) is 5.91. The number of likely N-dealkylation sites (tertiary alicyclic amines) is 1. The number of guanidine groups is 1. The number of thiazole rings is 1. The molecule has 7 heteroatoms. The average Bonchev–Trinajstić information content (AvgIpc) is 3.22. The molecule has 2 rings (SSSR count). The third-order valence-electron chi connectivity index (χ3n) is 4.58. The lowest BCUT2D eigenvalue weighted by Crippen LogP contribution is -2.43. The number of rotatable bonds is 7. The Morgan fingerprint density at radius 1 is 1.42 bits per heavy atom. The van der Waals surface area contributed by atoms with Gasteiger partial charge in [-0.3, -0.25) is 9.89 Å². The van der Waals surface area contributed by atoms with Crippen LogP contribution in [0.1, 0.15) is 37.1 Å². The van der Waals surface area contributed by atoms with Crippen molar-refractivity contribution in [1.29, 1.82) is 0 Å². The Labute approximate surface area is 168 Å². The molecule has 0 amide bonds. The lowest BCUT2D eigenvalue weighted by atomic mass is 10.2. The van der Waals surface area contributed by atoms with Gasteiger partial charge in [0.15, 0.2) is 5.96 Å². The van der Waals surface area contributed by atoms with Gasteiger partial charge in [-0.25, -0.2) is 4.98 Å². The fraction of sp³-hybridized carbons (Fsp3) is 0.765. The van der Waals surface area contributed by atoms with E-state index in [9.17, 15) is 0 Å². The van der Waals surface area contributed by atoms with E-state index in [0.29, 0.717) is 6.04 Å². The first-order valence-corrected chi connectivity index (χ1v) is 9.66. The van der Waals surface area contributed by atoms with E-state index in [0.717, 1.165) is 51.5 Å². The second kappa shape index (κ2) is 11.3. The summed E-state index contributed by atoms with van der Waals surface area (Å²) in [5, 5.41) is 4.72. The van der Waals surface area contributed by atoms with Gasteiger partial charge >= 0.3 is 0 Å². The molecule has 1 aliphatic rings. The van der Waals surface area contributed by atoms with Crippen LogP contribution in [0.25, 0.3) is 0 Å². The maximum absolute atomic E-state index is 4.48. The van der Waals surface area contributed by atoms with Crippen molar-refractivity contribution >= 4 is 41.3 Å². The highest BCUT2D eigenvalue weighted by atomic mass is 127. The Hall–Kier alpha value is -0.410. The highest BCUT2D eigenvalue weighted by molar-refractivity contribution is 14.0. The van der Waals surface area contributed by atoms with Crippen LogP contribution in [-0.2, 0) is 12.8 Å². The molecule has 0 saturated carbocycles. The van der Waals surface area contributed by atoms with Crippen molar-refractivity contribution in [3.05, 3.63) is 16.1 Å². The molecule has 5 nitrogen and oxygen atoms in total. The van der Waals surface area contributed by atoms with Crippen LogP contribution in [-0.4, -0.2) is 66.6 Å². The summed E-state index contributed by atoms with van der Waals surface area (Å²) in [5.41, 5.74) is 0. The molecule has 0 radical (unpaired) electrons. The summed E-state index contributed by atoms with van der Waals surface area (Å²) in [6, 6.07) is 0.662. The molecule has 0 aromatic carbocycles. The minimum atomic E-state index is 0. The first-order chi connectivity index (χ1) is 11.2. The van der Waals surface area contributed by atoms with Crippen LogP contribution in [0, 0.1) is 0 Å². The van der Waals surface area contributed by atoms with E-state index in [4.69, 9.17) is 0 Å². The number of likely N-dealkylation sites (N-methyl/N-ethyl adjacent to an activating group) is 1. The summed E-state index contributed by atoms with van der Waals surface area (Å²) in [6.07, 6.45) is 5.28. The minimum Gasteiger partial charge on any atom is -0.356 e. The molecule has 1 saturated heterocycles. The van der Waals surface area contributed by atoms with E-state index in [1.807, 2.05) is 24.6 Å². The largest absolute Gasteiger partial charge is 0.356 e. The Morgan fingerprint density at radius 3 is 2.75 bits per heavy atom. The summed E-state index contributed by atoms with van der Waals surface area (Å²) in [6.45, 7) is 12.0. The van der Waals surface area contributed by atoms with Crippen LogP contribution in [0.2, 0.25) is 0 Å². The van der Waals surface area contributed by atoms with Gasteiger partial charge in [0, 0.05) is 50.2 Å². The van der Waals surface area contributed by atoms with Gasteiger partial charge in [-0.05, 0) is 25.9 Å². The van der Waals surface area contributed by atoms with Gasteiger partial charge in [0.2, 0.25) is 0 Å². The smallest absolute Gasteiger partial charge is 0.193 e. The summed E-state index contributed by atoms with van der Waals surface area (Å²) in [7, 11) is 1.88. The molecule has 0 spiro atoms. The molecule has 1 unspecified atom stereocenters. The molecule has 24 heavy (non-hydrogen) atoms. The molecule has 1 atom stereocenters. The first-order valence-electron chi connectivity index (χ1n) is 8.84. The number of hydrogen-bond donors (Lipinski definition) is 1. The van der Waals surface area contributed by atoms with Gasteiger partial charge in [0.25, 0.3) is 0 Å². The third kappa shape index (κ3) is 5.84. The lowest BCUT2D eigenvalue weighted by molar-refractivity contribution is 0.223. The normalized spacial score (nSPS) is 18.1. The highest BCUT2D eigenvalue weighted by Gasteiger charge is 2.27. The van der Waals surface area contributed by atoms with E-state index in [-0.39, 0.29) is 24.0 Å². The van der Waals surface area contributed by atoms with Gasteiger partial charge in [0.1, 0.15) is 0 Å². The Bertz CT molecular complexity index is 501. The average molecular weight is 465 g/mol. The van der Waals surface area contributed by atoms with Crippen molar-refractivity contribution < 1.29 is 0 Å². The minimum absolute atomic E-state index is 0. The summed E-state index contributed by atoms with van der Waals surface area (Å²) in [5.74, 6) is 1.03. The van der Waals surface area contributed by atoms with E-state index in [1.54, 1.807) is 0 Å². The standard InChI is InChI=1S/C17H31N5S.HI/c1-5-15-12-20-16(23-15)8-10-19-17(18-4)22-11-9-14(13-22)21(6-2)7-3;/h12,14H,5-11,13H2,1-4H3,(H,18,19);1H. The molecular weight excluding hydrogens is 433 g/mol. The molecule has 1 aromatic heterocycles. The molecule has 1 aliphatic heterocycles.